The molecule has 33 heavy (non-hydrogen) atoms. The van der Waals surface area contributed by atoms with Gasteiger partial charge in [-0.15, -0.1) is 0 Å². The zero-order chi connectivity index (χ0) is 23.3. The number of hydrogen-bond acceptors (Lipinski definition) is 4. The number of halogens is 2. The maximum atomic E-state index is 6.60. The van der Waals surface area contributed by atoms with Gasteiger partial charge in [-0.25, -0.2) is 5.01 Å². The Labute approximate surface area is 211 Å². The van der Waals surface area contributed by atoms with E-state index in [1.165, 1.54) is 5.56 Å². The Bertz CT molecular complexity index is 1210. The normalized spacial score (nSPS) is 19.5. The van der Waals surface area contributed by atoms with Gasteiger partial charge in [0.05, 0.1) is 23.3 Å². The Balaban J connectivity index is 1.57. The SMILES string of the molecule is COc1ccc(C2=NN3[C@H](C2)c2cc(Br)cc(Br)c2O[C@H]3c2ccc(C(C)(C)C)cc2)cc1. The molecule has 0 bridgehead atoms. The van der Waals surface area contributed by atoms with Crippen molar-refractivity contribution in [1.82, 2.24) is 5.01 Å². The molecule has 2 aliphatic heterocycles. The molecule has 0 unspecified atom stereocenters. The van der Waals surface area contributed by atoms with Crippen LogP contribution in [0.1, 0.15) is 61.7 Å². The first-order chi connectivity index (χ1) is 15.7. The van der Waals surface area contributed by atoms with E-state index in [9.17, 15) is 0 Å². The lowest BCUT2D eigenvalue weighted by molar-refractivity contribution is -0.0197. The quantitative estimate of drug-likeness (QED) is 0.323. The molecule has 3 aromatic rings. The zero-order valence-corrected chi connectivity index (χ0v) is 22.3. The molecule has 0 saturated carbocycles. The van der Waals surface area contributed by atoms with Crippen molar-refractivity contribution in [1.29, 1.82) is 0 Å². The van der Waals surface area contributed by atoms with Gasteiger partial charge < -0.3 is 9.47 Å². The van der Waals surface area contributed by atoms with Crippen LogP contribution >= 0.6 is 31.9 Å². The Kier molecular flexibility index (Phi) is 5.78. The number of hydrazone groups is 1. The number of rotatable bonds is 3. The van der Waals surface area contributed by atoms with Crippen molar-refractivity contribution in [2.24, 2.45) is 5.10 Å². The summed E-state index contributed by atoms with van der Waals surface area (Å²) in [4.78, 5) is 0. The lowest BCUT2D eigenvalue weighted by atomic mass is 9.86. The van der Waals surface area contributed by atoms with Gasteiger partial charge >= 0.3 is 0 Å². The Morgan fingerprint density at radius 2 is 1.70 bits per heavy atom. The molecule has 2 heterocycles. The second-order valence-corrected chi connectivity index (χ2v) is 11.3. The zero-order valence-electron chi connectivity index (χ0n) is 19.1. The minimum Gasteiger partial charge on any atom is -0.497 e. The summed E-state index contributed by atoms with van der Waals surface area (Å²) < 4.78 is 13.9. The molecule has 0 aromatic heterocycles. The van der Waals surface area contributed by atoms with E-state index >= 15 is 0 Å². The molecule has 6 heteroatoms. The molecule has 0 amide bonds. The van der Waals surface area contributed by atoms with E-state index in [1.807, 2.05) is 18.2 Å². The van der Waals surface area contributed by atoms with E-state index in [0.29, 0.717) is 0 Å². The van der Waals surface area contributed by atoms with Crippen LogP contribution in [0, 0.1) is 0 Å². The fourth-order valence-corrected chi connectivity index (χ4v) is 5.79. The predicted octanol–water partition coefficient (Wildman–Crippen LogP) is 7.76. The van der Waals surface area contributed by atoms with E-state index in [2.05, 4.69) is 100 Å². The van der Waals surface area contributed by atoms with E-state index < -0.39 is 0 Å². The van der Waals surface area contributed by atoms with Crippen molar-refractivity contribution in [3.05, 3.63) is 91.9 Å². The van der Waals surface area contributed by atoms with Crippen LogP contribution in [0.15, 0.2) is 74.7 Å². The number of ether oxygens (including phenoxy) is 2. The molecule has 5 rings (SSSR count). The van der Waals surface area contributed by atoms with Gasteiger partial charge in [0.15, 0.2) is 0 Å². The number of nitrogens with zero attached hydrogens (tertiary/aromatic N) is 2. The fraction of sp³-hybridized carbons (Fsp3) is 0.296. The molecule has 0 aliphatic carbocycles. The van der Waals surface area contributed by atoms with Gasteiger partial charge in [0.25, 0.3) is 0 Å². The number of hydrogen-bond donors (Lipinski definition) is 0. The van der Waals surface area contributed by atoms with Gasteiger partial charge in [-0.05, 0) is 68.9 Å². The summed E-state index contributed by atoms with van der Waals surface area (Å²) in [5, 5.41) is 7.19. The minimum atomic E-state index is -0.301. The van der Waals surface area contributed by atoms with Gasteiger partial charge in [0.1, 0.15) is 11.5 Å². The summed E-state index contributed by atoms with van der Waals surface area (Å²) in [6.07, 6.45) is 0.507. The Morgan fingerprint density at radius 3 is 2.33 bits per heavy atom. The first-order valence-corrected chi connectivity index (χ1v) is 12.6. The highest BCUT2D eigenvalue weighted by Crippen LogP contribution is 2.51. The third kappa shape index (κ3) is 4.19. The van der Waals surface area contributed by atoms with Crippen LogP contribution in [0.3, 0.4) is 0 Å². The molecule has 2 atom stereocenters. The van der Waals surface area contributed by atoms with Gasteiger partial charge in [0, 0.05) is 22.0 Å². The molecule has 4 nitrogen and oxygen atoms in total. The molecule has 0 saturated heterocycles. The lowest BCUT2D eigenvalue weighted by Gasteiger charge is -2.39. The van der Waals surface area contributed by atoms with Crippen molar-refractivity contribution in [3.8, 4) is 11.5 Å². The van der Waals surface area contributed by atoms with Crippen molar-refractivity contribution >= 4 is 37.6 Å². The molecule has 0 N–H and O–H groups in total. The molecule has 0 radical (unpaired) electrons. The van der Waals surface area contributed by atoms with Crippen LogP contribution in [-0.4, -0.2) is 17.8 Å². The molecule has 0 spiro atoms. The molecule has 170 valence electrons. The standard InChI is InChI=1S/C27H26Br2N2O2/c1-27(2,3)18-9-5-17(6-10-18)26-31-24(21-13-19(28)14-22(29)25(21)33-26)15-23(30-31)16-7-11-20(32-4)12-8-16/h5-14,24,26H,15H2,1-4H3/t24-,26+/m1/s1. The summed E-state index contributed by atoms with van der Waals surface area (Å²) in [7, 11) is 1.68. The molecular weight excluding hydrogens is 544 g/mol. The van der Waals surface area contributed by atoms with E-state index in [4.69, 9.17) is 14.6 Å². The highest BCUT2D eigenvalue weighted by Gasteiger charge is 2.42. The maximum absolute atomic E-state index is 6.60. The van der Waals surface area contributed by atoms with Crippen molar-refractivity contribution in [2.45, 2.75) is 44.9 Å². The monoisotopic (exact) mass is 568 g/mol. The summed E-state index contributed by atoms with van der Waals surface area (Å²) in [5.41, 5.74) is 5.77. The molecule has 2 aliphatic rings. The third-order valence-corrected chi connectivity index (χ3v) is 7.34. The summed E-state index contributed by atoms with van der Waals surface area (Å²) in [5.74, 6) is 1.73. The van der Waals surface area contributed by atoms with Crippen LogP contribution in [0.5, 0.6) is 11.5 Å². The first kappa shape index (κ1) is 22.5. The van der Waals surface area contributed by atoms with Crippen molar-refractivity contribution < 1.29 is 9.47 Å². The maximum Gasteiger partial charge on any atom is 0.213 e. The summed E-state index contributed by atoms with van der Waals surface area (Å²) in [6.45, 7) is 6.69. The third-order valence-electron chi connectivity index (χ3n) is 6.29. The fourth-order valence-electron chi connectivity index (χ4n) is 4.44. The lowest BCUT2D eigenvalue weighted by Crippen LogP contribution is -2.34. The molecular formula is C27H26Br2N2O2. The van der Waals surface area contributed by atoms with Gasteiger partial charge in [-0.1, -0.05) is 61.0 Å². The second kappa shape index (κ2) is 8.48. The van der Waals surface area contributed by atoms with Gasteiger partial charge in [-0.3, -0.25) is 0 Å². The van der Waals surface area contributed by atoms with Crippen LogP contribution in [-0.2, 0) is 5.41 Å². The van der Waals surface area contributed by atoms with Gasteiger partial charge in [0.2, 0.25) is 6.23 Å². The Morgan fingerprint density at radius 1 is 1.00 bits per heavy atom. The highest BCUT2D eigenvalue weighted by molar-refractivity contribution is 9.11. The largest absolute Gasteiger partial charge is 0.497 e. The second-order valence-electron chi connectivity index (χ2n) is 9.52. The van der Waals surface area contributed by atoms with E-state index in [1.54, 1.807) is 7.11 Å². The van der Waals surface area contributed by atoms with Crippen LogP contribution in [0.2, 0.25) is 0 Å². The van der Waals surface area contributed by atoms with E-state index in [-0.39, 0.29) is 17.7 Å². The van der Waals surface area contributed by atoms with Crippen molar-refractivity contribution in [3.63, 3.8) is 0 Å². The smallest absolute Gasteiger partial charge is 0.213 e. The first-order valence-electron chi connectivity index (χ1n) is 11.0. The van der Waals surface area contributed by atoms with Gasteiger partial charge in [-0.2, -0.15) is 5.10 Å². The number of benzene rings is 3. The Hall–Kier alpha value is -2.31. The van der Waals surface area contributed by atoms with Crippen LogP contribution < -0.4 is 9.47 Å². The molecule has 0 fully saturated rings. The summed E-state index contributed by atoms with van der Waals surface area (Å²) in [6, 6.07) is 21.1. The van der Waals surface area contributed by atoms with Crippen molar-refractivity contribution in [2.75, 3.05) is 7.11 Å². The number of fused-ring (bicyclic) bond motifs is 3. The topological polar surface area (TPSA) is 34.1 Å². The van der Waals surface area contributed by atoms with Crippen LogP contribution in [0.25, 0.3) is 0 Å². The minimum absolute atomic E-state index is 0.0898. The average Bonchev–Trinajstić information content (AvgIpc) is 3.24. The average molecular weight is 570 g/mol. The van der Waals surface area contributed by atoms with E-state index in [0.717, 1.165) is 49.3 Å². The highest BCUT2D eigenvalue weighted by atomic mass is 79.9. The summed E-state index contributed by atoms with van der Waals surface area (Å²) >= 11 is 7.36. The number of methoxy groups -OCH3 is 1. The predicted molar refractivity (Wildman–Crippen MR) is 139 cm³/mol. The molecule has 3 aromatic carbocycles. The van der Waals surface area contributed by atoms with Crippen LogP contribution in [0.4, 0.5) is 0 Å².